The van der Waals surface area contributed by atoms with Gasteiger partial charge in [-0.25, -0.2) is 4.68 Å². The van der Waals surface area contributed by atoms with Gasteiger partial charge in [-0.3, -0.25) is 4.79 Å². The zero-order valence-electron chi connectivity index (χ0n) is 17.1. The summed E-state index contributed by atoms with van der Waals surface area (Å²) in [5.74, 6) is -0.235. The van der Waals surface area contributed by atoms with Gasteiger partial charge in [-0.05, 0) is 53.6 Å². The lowest BCUT2D eigenvalue weighted by molar-refractivity contribution is -0.274. The van der Waals surface area contributed by atoms with Crippen molar-refractivity contribution in [1.82, 2.24) is 9.78 Å². The summed E-state index contributed by atoms with van der Waals surface area (Å²) in [6, 6.07) is 23.9. The molecule has 4 rings (SSSR count). The first kappa shape index (κ1) is 21.9. The van der Waals surface area contributed by atoms with Crippen LogP contribution in [0.3, 0.4) is 0 Å². The number of halogens is 3. The number of hydrogen-bond donors (Lipinski definition) is 1. The molecule has 33 heavy (non-hydrogen) atoms. The number of ether oxygens (including phenoxy) is 2. The predicted octanol–water partition coefficient (Wildman–Crippen LogP) is 5.74. The average Bonchev–Trinajstić information content (AvgIpc) is 3.28. The van der Waals surface area contributed by atoms with Crippen LogP contribution in [0.4, 0.5) is 18.9 Å². The molecular formula is C24H18F3N3O3. The highest BCUT2D eigenvalue weighted by molar-refractivity contribution is 6.02. The van der Waals surface area contributed by atoms with Gasteiger partial charge in [0, 0.05) is 11.9 Å². The molecule has 1 N–H and O–H groups in total. The van der Waals surface area contributed by atoms with Gasteiger partial charge in [0.2, 0.25) is 0 Å². The molecule has 0 spiro atoms. The lowest BCUT2D eigenvalue weighted by atomic mass is 10.1. The molecule has 0 aliphatic rings. The van der Waals surface area contributed by atoms with Gasteiger partial charge in [-0.15, -0.1) is 13.2 Å². The lowest BCUT2D eigenvalue weighted by Gasteiger charge is -2.09. The maximum absolute atomic E-state index is 12.3. The number of carbonyl (C=O) groups excluding carboxylic acids is 1. The first-order valence-corrected chi connectivity index (χ1v) is 9.85. The van der Waals surface area contributed by atoms with E-state index < -0.39 is 12.3 Å². The summed E-state index contributed by atoms with van der Waals surface area (Å²) >= 11 is 0. The molecule has 0 radical (unpaired) electrons. The van der Waals surface area contributed by atoms with Crippen LogP contribution in [0.15, 0.2) is 91.1 Å². The summed E-state index contributed by atoms with van der Waals surface area (Å²) in [4.78, 5) is 12.3. The van der Waals surface area contributed by atoms with Crippen molar-refractivity contribution in [2.24, 2.45) is 0 Å². The maximum Gasteiger partial charge on any atom is 0.573 e. The second-order valence-electron chi connectivity index (χ2n) is 6.93. The number of nitrogens with zero attached hydrogens (tertiary/aromatic N) is 2. The molecule has 0 bridgehead atoms. The van der Waals surface area contributed by atoms with Crippen molar-refractivity contribution in [1.29, 1.82) is 0 Å². The molecule has 9 heteroatoms. The van der Waals surface area contributed by atoms with Crippen LogP contribution in [0.5, 0.6) is 11.5 Å². The van der Waals surface area contributed by atoms with Crippen molar-refractivity contribution in [3.63, 3.8) is 0 Å². The van der Waals surface area contributed by atoms with E-state index in [9.17, 15) is 18.0 Å². The first-order valence-electron chi connectivity index (χ1n) is 9.85. The molecule has 0 aliphatic carbocycles. The van der Waals surface area contributed by atoms with Crippen LogP contribution in [-0.2, 0) is 6.73 Å². The van der Waals surface area contributed by atoms with Gasteiger partial charge >= 0.3 is 6.36 Å². The quantitative estimate of drug-likeness (QED) is 0.388. The predicted molar refractivity (Wildman–Crippen MR) is 116 cm³/mol. The van der Waals surface area contributed by atoms with E-state index >= 15 is 0 Å². The minimum Gasteiger partial charge on any atom is -0.471 e. The van der Waals surface area contributed by atoms with Crippen molar-refractivity contribution in [2.75, 3.05) is 5.32 Å². The van der Waals surface area contributed by atoms with Crippen LogP contribution in [-0.4, -0.2) is 22.1 Å². The van der Waals surface area contributed by atoms with Gasteiger partial charge in [0.05, 0.1) is 0 Å². The molecule has 1 amide bonds. The van der Waals surface area contributed by atoms with E-state index in [1.807, 2.05) is 54.6 Å². The van der Waals surface area contributed by atoms with Crippen LogP contribution in [0, 0.1) is 0 Å². The number of anilines is 1. The molecule has 3 aromatic carbocycles. The van der Waals surface area contributed by atoms with Crippen molar-refractivity contribution in [3.05, 3.63) is 96.8 Å². The molecule has 0 saturated heterocycles. The Morgan fingerprint density at radius 3 is 2.15 bits per heavy atom. The maximum atomic E-state index is 12.3. The fourth-order valence-electron chi connectivity index (χ4n) is 3.00. The third-order valence-corrected chi connectivity index (χ3v) is 4.54. The normalized spacial score (nSPS) is 11.1. The van der Waals surface area contributed by atoms with E-state index in [4.69, 9.17) is 4.74 Å². The molecule has 0 fully saturated rings. The number of benzene rings is 3. The molecule has 0 aliphatic heterocycles. The smallest absolute Gasteiger partial charge is 0.471 e. The number of alkyl halides is 3. The lowest BCUT2D eigenvalue weighted by Crippen LogP contribution is -2.17. The number of hydrogen-bond acceptors (Lipinski definition) is 4. The first-order chi connectivity index (χ1) is 15.9. The topological polar surface area (TPSA) is 65.4 Å². The Balaban J connectivity index is 1.31. The molecule has 0 saturated carbocycles. The number of rotatable bonds is 7. The van der Waals surface area contributed by atoms with Gasteiger partial charge in [-0.2, -0.15) is 5.10 Å². The third kappa shape index (κ3) is 6.13. The summed E-state index contributed by atoms with van der Waals surface area (Å²) in [5.41, 5.74) is 2.61. The van der Waals surface area contributed by atoms with Crippen LogP contribution < -0.4 is 14.8 Å². The van der Waals surface area contributed by atoms with E-state index in [2.05, 4.69) is 15.2 Å². The highest BCUT2D eigenvalue weighted by Crippen LogP contribution is 2.24. The highest BCUT2D eigenvalue weighted by atomic mass is 19.4. The van der Waals surface area contributed by atoms with Crippen LogP contribution >= 0.6 is 0 Å². The van der Waals surface area contributed by atoms with Crippen molar-refractivity contribution < 1.29 is 27.4 Å². The Morgan fingerprint density at radius 1 is 0.848 bits per heavy atom. The number of nitrogens with one attached hydrogen (secondary N) is 1. The van der Waals surface area contributed by atoms with E-state index in [-0.39, 0.29) is 18.2 Å². The van der Waals surface area contributed by atoms with Gasteiger partial charge in [0.1, 0.15) is 11.5 Å². The summed E-state index contributed by atoms with van der Waals surface area (Å²) in [6.45, 7) is 0.0987. The van der Waals surface area contributed by atoms with E-state index in [0.717, 1.165) is 23.3 Å². The highest BCUT2D eigenvalue weighted by Gasteiger charge is 2.31. The van der Waals surface area contributed by atoms with Gasteiger partial charge in [-0.1, -0.05) is 42.5 Å². The zero-order chi connectivity index (χ0) is 23.3. The Kier molecular flexibility index (Phi) is 6.30. The van der Waals surface area contributed by atoms with Crippen LogP contribution in [0.25, 0.3) is 11.1 Å². The van der Waals surface area contributed by atoms with Crippen molar-refractivity contribution in [2.45, 2.75) is 13.1 Å². The number of aromatic nitrogens is 2. The molecule has 1 aromatic heterocycles. The second-order valence-corrected chi connectivity index (χ2v) is 6.93. The second kappa shape index (κ2) is 9.47. The molecule has 1 heterocycles. The van der Waals surface area contributed by atoms with Gasteiger partial charge in [0.15, 0.2) is 12.4 Å². The Morgan fingerprint density at radius 2 is 1.48 bits per heavy atom. The number of carbonyl (C=O) groups is 1. The largest absolute Gasteiger partial charge is 0.573 e. The summed E-state index contributed by atoms with van der Waals surface area (Å²) in [5, 5.41) is 6.72. The Labute approximate surface area is 187 Å². The van der Waals surface area contributed by atoms with E-state index in [1.54, 1.807) is 6.20 Å². The molecule has 6 nitrogen and oxygen atoms in total. The summed E-state index contributed by atoms with van der Waals surface area (Å²) < 4.78 is 47.6. The molecule has 0 unspecified atom stereocenters. The molecule has 168 valence electrons. The average molecular weight is 453 g/mol. The minimum absolute atomic E-state index is 0.0987. The Hall–Kier alpha value is -4.27. The molecular weight excluding hydrogens is 435 g/mol. The van der Waals surface area contributed by atoms with E-state index in [1.165, 1.54) is 22.9 Å². The van der Waals surface area contributed by atoms with Gasteiger partial charge in [0.25, 0.3) is 5.91 Å². The number of amides is 1. The SMILES string of the molecule is O=C(Nc1ccc(OC(F)(F)F)cc1)c1ccn(COc2ccc(-c3ccccc3)cc2)n1. The monoisotopic (exact) mass is 453 g/mol. The van der Waals surface area contributed by atoms with Crippen molar-refractivity contribution >= 4 is 11.6 Å². The fraction of sp³-hybridized carbons (Fsp3) is 0.0833. The molecule has 0 atom stereocenters. The fourth-order valence-corrected chi connectivity index (χ4v) is 3.00. The summed E-state index contributed by atoms with van der Waals surface area (Å²) in [6.07, 6.45) is -3.18. The minimum atomic E-state index is -4.77. The third-order valence-electron chi connectivity index (χ3n) is 4.54. The Bertz CT molecular complexity index is 1210. The zero-order valence-corrected chi connectivity index (χ0v) is 17.1. The summed E-state index contributed by atoms with van der Waals surface area (Å²) in [7, 11) is 0. The van der Waals surface area contributed by atoms with Crippen molar-refractivity contribution in [3.8, 4) is 22.6 Å². The van der Waals surface area contributed by atoms with Crippen LogP contribution in [0.1, 0.15) is 10.5 Å². The van der Waals surface area contributed by atoms with Gasteiger partial charge < -0.3 is 14.8 Å². The standard InChI is InChI=1S/C24H18F3N3O3/c25-24(26,27)33-21-12-8-19(9-13-21)28-23(31)22-14-15-30(29-22)16-32-20-10-6-18(7-11-20)17-4-2-1-3-5-17/h1-15H,16H2,(H,28,31). The van der Waals surface area contributed by atoms with E-state index in [0.29, 0.717) is 11.4 Å². The molecule has 4 aromatic rings. The van der Waals surface area contributed by atoms with Crippen LogP contribution in [0.2, 0.25) is 0 Å².